The van der Waals surface area contributed by atoms with Gasteiger partial charge in [-0.05, 0) is 43.2 Å². The lowest BCUT2D eigenvalue weighted by molar-refractivity contribution is -0.00174. The Morgan fingerprint density at radius 1 is 1.33 bits per heavy atom. The topological polar surface area (TPSA) is 130 Å². The first-order valence-electron chi connectivity index (χ1n) is 9.47. The molecule has 1 fully saturated rings. The summed E-state index contributed by atoms with van der Waals surface area (Å²) < 4.78 is 30.8. The van der Waals surface area contributed by atoms with E-state index in [0.29, 0.717) is 42.0 Å². The van der Waals surface area contributed by atoms with Gasteiger partial charge in [0.1, 0.15) is 5.39 Å². The van der Waals surface area contributed by atoms with E-state index < -0.39 is 15.4 Å². The van der Waals surface area contributed by atoms with E-state index in [-0.39, 0.29) is 16.9 Å². The van der Waals surface area contributed by atoms with Crippen LogP contribution in [0.15, 0.2) is 46.2 Å². The molecule has 1 aliphatic rings. The van der Waals surface area contributed by atoms with E-state index in [4.69, 9.17) is 4.74 Å². The zero-order chi connectivity index (χ0) is 21.4. The van der Waals surface area contributed by atoms with Gasteiger partial charge in [0.15, 0.2) is 15.7 Å². The van der Waals surface area contributed by atoms with Gasteiger partial charge in [0.2, 0.25) is 0 Å². The molecule has 156 valence electrons. The van der Waals surface area contributed by atoms with E-state index in [0.717, 1.165) is 12.7 Å². The summed E-state index contributed by atoms with van der Waals surface area (Å²) in [5.41, 5.74) is 0.234. The van der Waals surface area contributed by atoms with Gasteiger partial charge in [0.05, 0.1) is 35.0 Å². The second kappa shape index (κ2) is 7.59. The third kappa shape index (κ3) is 3.58. The largest absolute Gasteiger partial charge is 0.379 e. The molecule has 0 radical (unpaired) electrons. The van der Waals surface area contributed by atoms with Crippen LogP contribution in [-0.2, 0) is 20.1 Å². The van der Waals surface area contributed by atoms with E-state index in [2.05, 4.69) is 21.5 Å². The molecule has 30 heavy (non-hydrogen) atoms. The number of benzene rings is 1. The molecule has 0 saturated carbocycles. The number of aromatic amines is 1. The molecule has 0 bridgehead atoms. The number of anilines is 2. The maximum Gasteiger partial charge on any atom is 0.261 e. The molecule has 3 aromatic rings. The average molecular weight is 427 g/mol. The van der Waals surface area contributed by atoms with E-state index >= 15 is 0 Å². The fourth-order valence-electron chi connectivity index (χ4n) is 3.81. The molecular weight excluding hydrogens is 406 g/mol. The minimum absolute atomic E-state index is 0.202. The summed E-state index contributed by atoms with van der Waals surface area (Å²) in [4.78, 5) is 15.5. The number of sulfone groups is 1. The van der Waals surface area contributed by atoms with Crippen molar-refractivity contribution in [3.63, 3.8) is 0 Å². The second-order valence-corrected chi connectivity index (χ2v) is 9.48. The summed E-state index contributed by atoms with van der Waals surface area (Å²) in [6.07, 6.45) is 4.41. The molecular formula is C20H21N5O4S. The van der Waals surface area contributed by atoms with Gasteiger partial charge in [0.25, 0.3) is 5.56 Å². The predicted octanol–water partition coefficient (Wildman–Crippen LogP) is 2.29. The van der Waals surface area contributed by atoms with Crippen LogP contribution in [0, 0.1) is 11.3 Å². The van der Waals surface area contributed by atoms with Crippen molar-refractivity contribution in [2.45, 2.75) is 29.7 Å². The average Bonchev–Trinajstić information content (AvgIpc) is 3.09. The van der Waals surface area contributed by atoms with Crippen LogP contribution in [0.2, 0.25) is 0 Å². The fourth-order valence-corrected chi connectivity index (χ4v) is 4.45. The molecule has 0 unspecified atom stereocenters. The minimum atomic E-state index is -3.31. The van der Waals surface area contributed by atoms with Crippen molar-refractivity contribution < 1.29 is 13.2 Å². The standard InChI is InChI=1S/C20H21N5O4S/c1-30(27,28)15-5-3-14(4-6-15)23-18-17-16(7-11-22-19(17)26)25(24-18)20(9-10-21)8-2-12-29-13-20/h3-7,11H,2,8-9,12-13H2,1H3,(H,22,26)(H,23,24)/t20-/m0/s1. The predicted molar refractivity (Wildman–Crippen MR) is 111 cm³/mol. The SMILES string of the molecule is CS(=O)(=O)c1ccc(Nc2nn([C@]3(CC#N)CCCOC3)c3cc[nH]c(=O)c23)cc1. The first kappa shape index (κ1) is 20.1. The highest BCUT2D eigenvalue weighted by Crippen LogP contribution is 2.35. The van der Waals surface area contributed by atoms with Gasteiger partial charge in [-0.3, -0.25) is 9.48 Å². The molecule has 1 atom stereocenters. The first-order valence-corrected chi connectivity index (χ1v) is 11.4. The summed E-state index contributed by atoms with van der Waals surface area (Å²) in [7, 11) is -3.31. The molecule has 4 rings (SSSR count). The highest BCUT2D eigenvalue weighted by Gasteiger charge is 2.38. The number of nitrogens with zero attached hydrogens (tertiary/aromatic N) is 3. The summed E-state index contributed by atoms with van der Waals surface area (Å²) in [6, 6.07) is 10.2. The molecule has 0 amide bonds. The highest BCUT2D eigenvalue weighted by molar-refractivity contribution is 7.90. The van der Waals surface area contributed by atoms with Gasteiger partial charge in [-0.15, -0.1) is 0 Å². The maximum absolute atomic E-state index is 12.6. The first-order chi connectivity index (χ1) is 14.3. The van der Waals surface area contributed by atoms with Crippen molar-refractivity contribution in [2.24, 2.45) is 0 Å². The number of nitrogens with one attached hydrogen (secondary N) is 2. The number of nitriles is 1. The van der Waals surface area contributed by atoms with E-state index in [1.165, 1.54) is 12.1 Å². The molecule has 1 aromatic carbocycles. The Bertz CT molecular complexity index is 1280. The van der Waals surface area contributed by atoms with Crippen molar-refractivity contribution in [3.05, 3.63) is 46.9 Å². The number of rotatable bonds is 5. The van der Waals surface area contributed by atoms with E-state index in [1.54, 1.807) is 29.1 Å². The number of ether oxygens (including phenoxy) is 1. The van der Waals surface area contributed by atoms with Crippen molar-refractivity contribution in [1.29, 1.82) is 5.26 Å². The highest BCUT2D eigenvalue weighted by atomic mass is 32.2. The molecule has 0 spiro atoms. The third-order valence-electron chi connectivity index (χ3n) is 5.31. The molecule has 1 saturated heterocycles. The molecule has 2 N–H and O–H groups in total. The van der Waals surface area contributed by atoms with Crippen molar-refractivity contribution in [2.75, 3.05) is 24.8 Å². The van der Waals surface area contributed by atoms with Crippen molar-refractivity contribution >= 4 is 32.2 Å². The summed E-state index contributed by atoms with van der Waals surface area (Å²) in [5.74, 6) is 0.335. The smallest absolute Gasteiger partial charge is 0.261 e. The lowest BCUT2D eigenvalue weighted by atomic mass is 9.89. The van der Waals surface area contributed by atoms with Crippen LogP contribution in [0.5, 0.6) is 0 Å². The second-order valence-electron chi connectivity index (χ2n) is 7.46. The van der Waals surface area contributed by atoms with Crippen LogP contribution in [-0.4, -0.2) is 42.7 Å². The molecule has 9 nitrogen and oxygen atoms in total. The molecule has 1 aliphatic heterocycles. The van der Waals surface area contributed by atoms with Crippen LogP contribution in [0.4, 0.5) is 11.5 Å². The zero-order valence-corrected chi connectivity index (χ0v) is 17.2. The molecule has 3 heterocycles. The molecule has 2 aromatic heterocycles. The monoisotopic (exact) mass is 427 g/mol. The zero-order valence-electron chi connectivity index (χ0n) is 16.4. The van der Waals surface area contributed by atoms with Gasteiger partial charge in [-0.1, -0.05) is 0 Å². The van der Waals surface area contributed by atoms with Crippen LogP contribution < -0.4 is 10.9 Å². The van der Waals surface area contributed by atoms with Crippen LogP contribution in [0.1, 0.15) is 19.3 Å². The van der Waals surface area contributed by atoms with E-state index in [9.17, 15) is 18.5 Å². The van der Waals surface area contributed by atoms with Crippen LogP contribution in [0.25, 0.3) is 10.9 Å². The third-order valence-corrected chi connectivity index (χ3v) is 6.44. The van der Waals surface area contributed by atoms with Crippen molar-refractivity contribution in [1.82, 2.24) is 14.8 Å². The normalized spacial score (nSPS) is 19.5. The number of hydrogen-bond acceptors (Lipinski definition) is 7. The Morgan fingerprint density at radius 2 is 2.10 bits per heavy atom. The van der Waals surface area contributed by atoms with Gasteiger partial charge >= 0.3 is 0 Å². The Balaban J connectivity index is 1.81. The Kier molecular flexibility index (Phi) is 5.09. The fraction of sp³-hybridized carbons (Fsp3) is 0.350. The van der Waals surface area contributed by atoms with Gasteiger partial charge in [-0.25, -0.2) is 8.42 Å². The number of fused-ring (bicyclic) bond motifs is 1. The van der Waals surface area contributed by atoms with Gasteiger partial charge in [-0.2, -0.15) is 10.4 Å². The molecule has 0 aliphatic carbocycles. The Labute approximate surface area is 173 Å². The summed E-state index contributed by atoms with van der Waals surface area (Å²) in [5, 5.41) is 17.6. The minimum Gasteiger partial charge on any atom is -0.379 e. The quantitative estimate of drug-likeness (QED) is 0.639. The van der Waals surface area contributed by atoms with Gasteiger partial charge < -0.3 is 15.0 Å². The number of aromatic nitrogens is 3. The number of pyridine rings is 1. The van der Waals surface area contributed by atoms with Crippen LogP contribution >= 0.6 is 0 Å². The maximum atomic E-state index is 12.6. The lowest BCUT2D eigenvalue weighted by Gasteiger charge is -2.35. The lowest BCUT2D eigenvalue weighted by Crippen LogP contribution is -2.42. The van der Waals surface area contributed by atoms with Gasteiger partial charge in [0, 0.05) is 24.7 Å². The van der Waals surface area contributed by atoms with Crippen molar-refractivity contribution in [3.8, 4) is 6.07 Å². The van der Waals surface area contributed by atoms with Crippen LogP contribution in [0.3, 0.4) is 0 Å². The number of H-pyrrole nitrogens is 1. The summed E-state index contributed by atoms with van der Waals surface area (Å²) in [6.45, 7) is 0.970. The molecule has 10 heteroatoms. The summed E-state index contributed by atoms with van der Waals surface area (Å²) >= 11 is 0. The Morgan fingerprint density at radius 3 is 2.73 bits per heavy atom. The number of hydrogen-bond donors (Lipinski definition) is 2. The van der Waals surface area contributed by atoms with E-state index in [1.807, 2.05) is 0 Å². The Hall–Kier alpha value is -3.16.